The number of aryl methyl sites for hydroxylation is 2. The number of amides is 1. The summed E-state index contributed by atoms with van der Waals surface area (Å²) in [6, 6.07) is 0. The average Bonchev–Trinajstić information content (AvgIpc) is 3.00. The minimum Gasteiger partial charge on any atom is -0.444 e. The van der Waals surface area contributed by atoms with Crippen molar-refractivity contribution < 1.29 is 9.53 Å². The first-order valence-corrected chi connectivity index (χ1v) is 11.6. The Bertz CT molecular complexity index is 685. The third-order valence-corrected chi connectivity index (χ3v) is 6.03. The van der Waals surface area contributed by atoms with E-state index in [1.807, 2.05) is 20.8 Å². The maximum atomic E-state index is 12.1. The molecule has 0 saturated carbocycles. The third-order valence-electron chi connectivity index (χ3n) is 4.90. The molecule has 0 spiro atoms. The summed E-state index contributed by atoms with van der Waals surface area (Å²) >= 11 is 1.77. The summed E-state index contributed by atoms with van der Waals surface area (Å²) in [6.07, 6.45) is 1.72. The SMILES string of the molecule is CN=C(NCCCN1CCN(C(=O)OC(C)(C)C)CC1)NCCc1nc(C)c(C)s1. The predicted octanol–water partition coefficient (Wildman–Crippen LogP) is 2.41. The monoisotopic (exact) mass is 438 g/mol. The molecule has 1 fully saturated rings. The molecular weight excluding hydrogens is 400 g/mol. The van der Waals surface area contributed by atoms with Gasteiger partial charge in [-0.15, -0.1) is 11.3 Å². The maximum Gasteiger partial charge on any atom is 0.410 e. The topological polar surface area (TPSA) is 82.1 Å². The van der Waals surface area contributed by atoms with Crippen molar-refractivity contribution in [3.63, 3.8) is 0 Å². The number of aliphatic imine (C=N–C) groups is 1. The number of ether oxygens (including phenoxy) is 1. The van der Waals surface area contributed by atoms with Crippen molar-refractivity contribution in [1.29, 1.82) is 0 Å². The quantitative estimate of drug-likeness (QED) is 0.387. The summed E-state index contributed by atoms with van der Waals surface area (Å²) in [5.74, 6) is 0.828. The van der Waals surface area contributed by atoms with Crippen LogP contribution in [0.3, 0.4) is 0 Å². The number of nitrogens with one attached hydrogen (secondary N) is 2. The molecule has 1 aliphatic rings. The van der Waals surface area contributed by atoms with Gasteiger partial charge in [0.1, 0.15) is 5.60 Å². The minimum absolute atomic E-state index is 0.207. The highest BCUT2D eigenvalue weighted by Gasteiger charge is 2.25. The van der Waals surface area contributed by atoms with Crippen LogP contribution in [-0.4, -0.2) is 85.3 Å². The molecule has 30 heavy (non-hydrogen) atoms. The summed E-state index contributed by atoms with van der Waals surface area (Å²) in [4.78, 5) is 26.5. The second kappa shape index (κ2) is 11.5. The zero-order valence-electron chi connectivity index (χ0n) is 19.4. The first kappa shape index (κ1) is 24.4. The predicted molar refractivity (Wildman–Crippen MR) is 124 cm³/mol. The molecule has 0 aliphatic carbocycles. The number of nitrogens with zero attached hydrogens (tertiary/aromatic N) is 4. The number of piperazine rings is 1. The van der Waals surface area contributed by atoms with Crippen molar-refractivity contribution in [2.45, 2.75) is 53.1 Å². The number of rotatable bonds is 7. The summed E-state index contributed by atoms with van der Waals surface area (Å²) in [7, 11) is 1.79. The van der Waals surface area contributed by atoms with Gasteiger partial charge in [0.15, 0.2) is 5.96 Å². The van der Waals surface area contributed by atoms with Crippen molar-refractivity contribution in [2.75, 3.05) is 52.9 Å². The molecule has 0 atom stereocenters. The van der Waals surface area contributed by atoms with Gasteiger partial charge in [0, 0.05) is 57.6 Å². The van der Waals surface area contributed by atoms with E-state index < -0.39 is 5.60 Å². The Balaban J connectivity index is 1.57. The number of carbonyl (C=O) groups excluding carboxylic acids is 1. The van der Waals surface area contributed by atoms with Gasteiger partial charge in [-0.1, -0.05) is 0 Å². The fraction of sp³-hybridized carbons (Fsp3) is 0.762. The van der Waals surface area contributed by atoms with E-state index in [9.17, 15) is 4.79 Å². The van der Waals surface area contributed by atoms with Crippen LogP contribution in [0.5, 0.6) is 0 Å². The van der Waals surface area contributed by atoms with Gasteiger partial charge >= 0.3 is 6.09 Å². The van der Waals surface area contributed by atoms with Gasteiger partial charge in [-0.3, -0.25) is 9.89 Å². The van der Waals surface area contributed by atoms with Crippen LogP contribution >= 0.6 is 11.3 Å². The summed E-state index contributed by atoms with van der Waals surface area (Å²) in [5.41, 5.74) is 0.689. The Kier molecular flexibility index (Phi) is 9.36. The summed E-state index contributed by atoms with van der Waals surface area (Å²) < 4.78 is 5.45. The lowest BCUT2D eigenvalue weighted by Gasteiger charge is -2.35. The zero-order chi connectivity index (χ0) is 22.1. The molecule has 1 aromatic heterocycles. The Morgan fingerprint density at radius 1 is 1.17 bits per heavy atom. The second-order valence-corrected chi connectivity index (χ2v) is 9.88. The molecule has 1 aromatic rings. The van der Waals surface area contributed by atoms with E-state index in [2.05, 4.69) is 39.4 Å². The Morgan fingerprint density at radius 3 is 2.40 bits per heavy atom. The fourth-order valence-corrected chi connectivity index (χ4v) is 4.08. The highest BCUT2D eigenvalue weighted by molar-refractivity contribution is 7.11. The molecule has 9 heteroatoms. The fourth-order valence-electron chi connectivity index (χ4n) is 3.14. The van der Waals surface area contributed by atoms with Crippen LogP contribution in [0.15, 0.2) is 4.99 Å². The minimum atomic E-state index is -0.440. The Hall–Kier alpha value is -1.87. The van der Waals surface area contributed by atoms with E-state index in [0.29, 0.717) is 0 Å². The highest BCUT2D eigenvalue weighted by Crippen LogP contribution is 2.16. The van der Waals surface area contributed by atoms with Crippen molar-refractivity contribution in [2.24, 2.45) is 4.99 Å². The van der Waals surface area contributed by atoms with Gasteiger partial charge in [-0.25, -0.2) is 9.78 Å². The molecule has 0 bridgehead atoms. The lowest BCUT2D eigenvalue weighted by atomic mass is 10.2. The number of thiazole rings is 1. The molecule has 8 nitrogen and oxygen atoms in total. The molecule has 0 unspecified atom stereocenters. The van der Waals surface area contributed by atoms with Gasteiger partial charge in [0.05, 0.1) is 10.7 Å². The number of carbonyl (C=O) groups is 1. The average molecular weight is 439 g/mol. The van der Waals surface area contributed by atoms with Gasteiger partial charge in [0.25, 0.3) is 0 Å². The lowest BCUT2D eigenvalue weighted by Crippen LogP contribution is -2.50. The molecule has 170 valence electrons. The molecule has 1 aliphatic heterocycles. The van der Waals surface area contributed by atoms with E-state index in [1.54, 1.807) is 23.3 Å². The van der Waals surface area contributed by atoms with Gasteiger partial charge < -0.3 is 20.3 Å². The third kappa shape index (κ3) is 8.47. The first-order valence-electron chi connectivity index (χ1n) is 10.8. The standard InChI is InChI=1S/C21H38N6O2S/c1-16-17(2)30-18(25-16)8-10-24-19(22-6)23-9-7-11-26-12-14-27(15-13-26)20(28)29-21(3,4)5/h7-15H2,1-6H3,(H2,22,23,24). The van der Waals surface area contributed by atoms with Crippen molar-refractivity contribution in [3.05, 3.63) is 15.6 Å². The molecule has 2 rings (SSSR count). The van der Waals surface area contributed by atoms with Crippen molar-refractivity contribution in [1.82, 2.24) is 25.4 Å². The number of guanidine groups is 1. The molecule has 2 N–H and O–H groups in total. The first-order chi connectivity index (χ1) is 14.2. The van der Waals surface area contributed by atoms with E-state index in [4.69, 9.17) is 4.74 Å². The normalized spacial score (nSPS) is 15.9. The van der Waals surface area contributed by atoms with Crippen molar-refractivity contribution in [3.8, 4) is 0 Å². The van der Waals surface area contributed by atoms with Gasteiger partial charge in [0.2, 0.25) is 0 Å². The molecular formula is C21H38N6O2S. The number of aromatic nitrogens is 1. The Labute approximate surface area is 185 Å². The van der Waals surface area contributed by atoms with Crippen molar-refractivity contribution >= 4 is 23.4 Å². The van der Waals surface area contributed by atoms with E-state index >= 15 is 0 Å². The van der Waals surface area contributed by atoms with Crippen LogP contribution < -0.4 is 10.6 Å². The van der Waals surface area contributed by atoms with Crippen LogP contribution in [0.25, 0.3) is 0 Å². The summed E-state index contributed by atoms with van der Waals surface area (Å²) in [5, 5.41) is 7.90. The van der Waals surface area contributed by atoms with Crippen LogP contribution in [-0.2, 0) is 11.2 Å². The van der Waals surface area contributed by atoms with Crippen LogP contribution in [0.4, 0.5) is 4.79 Å². The molecule has 1 saturated heterocycles. The highest BCUT2D eigenvalue weighted by atomic mass is 32.1. The second-order valence-electron chi connectivity index (χ2n) is 8.59. The van der Waals surface area contributed by atoms with Gasteiger partial charge in [-0.2, -0.15) is 0 Å². The van der Waals surface area contributed by atoms with Gasteiger partial charge in [-0.05, 0) is 47.6 Å². The van der Waals surface area contributed by atoms with E-state index in [1.165, 1.54) is 9.88 Å². The Morgan fingerprint density at radius 2 is 1.83 bits per heavy atom. The number of hydrogen-bond donors (Lipinski definition) is 2. The van der Waals surface area contributed by atoms with E-state index in [0.717, 1.165) is 70.3 Å². The maximum absolute atomic E-state index is 12.1. The molecule has 0 radical (unpaired) electrons. The molecule has 0 aromatic carbocycles. The summed E-state index contributed by atoms with van der Waals surface area (Å²) in [6.45, 7) is 15.8. The zero-order valence-corrected chi connectivity index (χ0v) is 20.2. The number of hydrogen-bond acceptors (Lipinski definition) is 6. The van der Waals surface area contributed by atoms with Crippen LogP contribution in [0.1, 0.15) is 42.8 Å². The molecule has 1 amide bonds. The molecule has 2 heterocycles. The van der Waals surface area contributed by atoms with Crippen LogP contribution in [0, 0.1) is 13.8 Å². The van der Waals surface area contributed by atoms with Crippen LogP contribution in [0.2, 0.25) is 0 Å². The lowest BCUT2D eigenvalue weighted by molar-refractivity contribution is 0.0145. The van der Waals surface area contributed by atoms with E-state index in [-0.39, 0.29) is 6.09 Å². The smallest absolute Gasteiger partial charge is 0.410 e. The largest absolute Gasteiger partial charge is 0.444 e.